The summed E-state index contributed by atoms with van der Waals surface area (Å²) in [5.74, 6) is 0.810. The number of hydrogen-bond acceptors (Lipinski definition) is 4. The number of benzene rings is 2. The van der Waals surface area contributed by atoms with Crippen LogP contribution in [0.25, 0.3) is 11.3 Å². The van der Waals surface area contributed by atoms with Crippen molar-refractivity contribution in [1.82, 2.24) is 9.78 Å². The molecule has 2 heterocycles. The fourth-order valence-corrected chi connectivity index (χ4v) is 3.61. The van der Waals surface area contributed by atoms with E-state index in [9.17, 15) is 5.11 Å². The second kappa shape index (κ2) is 5.55. The maximum absolute atomic E-state index is 9.78. The van der Waals surface area contributed by atoms with Gasteiger partial charge in [-0.25, -0.2) is 4.68 Å². The molecule has 0 bridgehead atoms. The zero-order valence-corrected chi connectivity index (χ0v) is 14.8. The van der Waals surface area contributed by atoms with E-state index in [0.29, 0.717) is 5.75 Å². The van der Waals surface area contributed by atoms with E-state index in [1.165, 1.54) is 11.1 Å². The lowest BCUT2D eigenvalue weighted by molar-refractivity contribution is 0.395. The van der Waals surface area contributed by atoms with Crippen LogP contribution in [0.5, 0.6) is 11.5 Å². The molecule has 0 aliphatic carbocycles. The molecule has 0 fully saturated rings. The standard InChI is InChI=1S/C20H21N3O2/c1-11-7-12(2)19-16(8-11)17-9-13(3)22-23(17)20(21-19)15-6-5-14(24)10-18(15)25-4/h5-10,20-21,24H,1-4H3. The summed E-state index contributed by atoms with van der Waals surface area (Å²) in [6.45, 7) is 6.22. The molecule has 2 N–H and O–H groups in total. The highest BCUT2D eigenvalue weighted by Gasteiger charge is 2.29. The number of fused-ring (bicyclic) bond motifs is 3. The van der Waals surface area contributed by atoms with Gasteiger partial charge in [0.2, 0.25) is 0 Å². The van der Waals surface area contributed by atoms with Crippen LogP contribution in [0.1, 0.15) is 28.6 Å². The molecule has 3 aromatic rings. The number of aromatic nitrogens is 2. The number of nitrogens with zero attached hydrogens (tertiary/aromatic N) is 2. The number of anilines is 1. The van der Waals surface area contributed by atoms with Gasteiger partial charge in [0.15, 0.2) is 6.17 Å². The Kier molecular flexibility index (Phi) is 3.46. The highest BCUT2D eigenvalue weighted by atomic mass is 16.5. The molecule has 0 amide bonds. The highest BCUT2D eigenvalue weighted by molar-refractivity contribution is 5.82. The summed E-state index contributed by atoms with van der Waals surface area (Å²) in [5.41, 5.74) is 7.66. The van der Waals surface area contributed by atoms with Gasteiger partial charge in [-0.05, 0) is 50.6 Å². The number of phenolic OH excluding ortho intramolecular Hbond substituents is 1. The molecule has 1 atom stereocenters. The SMILES string of the molecule is COc1cc(O)ccc1C1Nc2c(C)cc(C)cc2-c2cc(C)nn21. The number of aromatic hydroxyl groups is 1. The maximum Gasteiger partial charge on any atom is 0.150 e. The summed E-state index contributed by atoms with van der Waals surface area (Å²) < 4.78 is 7.49. The first kappa shape index (κ1) is 15.6. The third kappa shape index (κ3) is 2.43. The average Bonchev–Trinajstić information content (AvgIpc) is 2.96. The minimum atomic E-state index is -0.201. The third-order valence-corrected chi connectivity index (χ3v) is 4.65. The van der Waals surface area contributed by atoms with Crippen LogP contribution >= 0.6 is 0 Å². The van der Waals surface area contributed by atoms with Crippen LogP contribution in [0.3, 0.4) is 0 Å². The summed E-state index contributed by atoms with van der Waals surface area (Å²) in [5, 5.41) is 18.1. The number of aryl methyl sites for hydroxylation is 3. The zero-order valence-electron chi connectivity index (χ0n) is 14.8. The van der Waals surface area contributed by atoms with Gasteiger partial charge in [-0.3, -0.25) is 0 Å². The Balaban J connectivity index is 1.95. The van der Waals surface area contributed by atoms with Crippen LogP contribution in [0, 0.1) is 20.8 Å². The van der Waals surface area contributed by atoms with E-state index < -0.39 is 0 Å². The molecule has 25 heavy (non-hydrogen) atoms. The van der Waals surface area contributed by atoms with Crippen LogP contribution in [0.15, 0.2) is 36.4 Å². The number of phenols is 1. The van der Waals surface area contributed by atoms with Crippen molar-refractivity contribution >= 4 is 5.69 Å². The summed E-state index contributed by atoms with van der Waals surface area (Å²) in [6.07, 6.45) is -0.201. The molecule has 0 saturated heterocycles. The lowest BCUT2D eigenvalue weighted by Gasteiger charge is -2.31. The Hall–Kier alpha value is -2.95. The van der Waals surface area contributed by atoms with Gasteiger partial charge < -0.3 is 15.2 Å². The monoisotopic (exact) mass is 335 g/mol. The van der Waals surface area contributed by atoms with Gasteiger partial charge in [-0.2, -0.15) is 5.10 Å². The van der Waals surface area contributed by atoms with Crippen LogP contribution in [-0.2, 0) is 0 Å². The van der Waals surface area contributed by atoms with Crippen LogP contribution in [0.2, 0.25) is 0 Å². The van der Waals surface area contributed by atoms with E-state index in [1.54, 1.807) is 19.2 Å². The van der Waals surface area contributed by atoms with Gasteiger partial charge in [0.25, 0.3) is 0 Å². The normalized spacial score (nSPS) is 15.3. The van der Waals surface area contributed by atoms with Crippen molar-refractivity contribution in [2.45, 2.75) is 26.9 Å². The van der Waals surface area contributed by atoms with Crippen LogP contribution < -0.4 is 10.1 Å². The molecule has 5 nitrogen and oxygen atoms in total. The lowest BCUT2D eigenvalue weighted by atomic mass is 9.98. The smallest absolute Gasteiger partial charge is 0.150 e. The first-order valence-electron chi connectivity index (χ1n) is 8.29. The Labute approximate surface area is 146 Å². The molecular weight excluding hydrogens is 314 g/mol. The van der Waals surface area contributed by atoms with Crippen molar-refractivity contribution in [1.29, 1.82) is 0 Å². The van der Waals surface area contributed by atoms with E-state index in [2.05, 4.69) is 37.4 Å². The first-order chi connectivity index (χ1) is 12.0. The molecule has 128 valence electrons. The van der Waals surface area contributed by atoms with Crippen molar-refractivity contribution in [3.8, 4) is 22.8 Å². The summed E-state index contributed by atoms with van der Waals surface area (Å²) in [7, 11) is 1.61. The van der Waals surface area contributed by atoms with E-state index in [0.717, 1.165) is 28.2 Å². The number of nitrogens with one attached hydrogen (secondary N) is 1. The van der Waals surface area contributed by atoms with Gasteiger partial charge in [0, 0.05) is 22.9 Å². The molecule has 2 aromatic carbocycles. The zero-order chi connectivity index (χ0) is 17.7. The van der Waals surface area contributed by atoms with Crippen molar-refractivity contribution in [2.24, 2.45) is 0 Å². The second-order valence-electron chi connectivity index (χ2n) is 6.59. The Morgan fingerprint density at radius 2 is 1.92 bits per heavy atom. The number of rotatable bonds is 2. The Bertz CT molecular complexity index is 975. The molecule has 1 aliphatic rings. The average molecular weight is 335 g/mol. The minimum absolute atomic E-state index is 0.181. The summed E-state index contributed by atoms with van der Waals surface area (Å²) in [4.78, 5) is 0. The van der Waals surface area contributed by atoms with Gasteiger partial charge in [-0.1, -0.05) is 11.6 Å². The molecule has 1 aromatic heterocycles. The lowest BCUT2D eigenvalue weighted by Crippen LogP contribution is -2.26. The number of methoxy groups -OCH3 is 1. The molecule has 1 aliphatic heterocycles. The summed E-state index contributed by atoms with van der Waals surface area (Å²) >= 11 is 0. The molecule has 0 radical (unpaired) electrons. The van der Waals surface area contributed by atoms with Crippen molar-refractivity contribution in [2.75, 3.05) is 12.4 Å². The Morgan fingerprint density at radius 1 is 1.12 bits per heavy atom. The fraction of sp³-hybridized carbons (Fsp3) is 0.250. The molecule has 1 unspecified atom stereocenters. The molecule has 5 heteroatoms. The minimum Gasteiger partial charge on any atom is -0.508 e. The molecule has 4 rings (SSSR count). The van der Waals surface area contributed by atoms with Gasteiger partial charge in [0.05, 0.1) is 18.5 Å². The van der Waals surface area contributed by atoms with Crippen LogP contribution in [-0.4, -0.2) is 22.0 Å². The predicted octanol–water partition coefficient (Wildman–Crippen LogP) is 4.16. The van der Waals surface area contributed by atoms with Gasteiger partial charge in [-0.15, -0.1) is 0 Å². The van der Waals surface area contributed by atoms with Gasteiger partial charge >= 0.3 is 0 Å². The van der Waals surface area contributed by atoms with E-state index in [-0.39, 0.29) is 11.9 Å². The largest absolute Gasteiger partial charge is 0.508 e. The van der Waals surface area contributed by atoms with Crippen molar-refractivity contribution in [3.63, 3.8) is 0 Å². The van der Waals surface area contributed by atoms with Crippen molar-refractivity contribution < 1.29 is 9.84 Å². The first-order valence-corrected chi connectivity index (χ1v) is 8.29. The molecule has 0 spiro atoms. The number of hydrogen-bond donors (Lipinski definition) is 2. The van der Waals surface area contributed by atoms with E-state index in [1.807, 2.05) is 17.7 Å². The maximum atomic E-state index is 9.78. The topological polar surface area (TPSA) is 59.3 Å². The van der Waals surface area contributed by atoms with E-state index >= 15 is 0 Å². The molecular formula is C20H21N3O2. The quantitative estimate of drug-likeness (QED) is 0.738. The highest BCUT2D eigenvalue weighted by Crippen LogP contribution is 2.43. The predicted molar refractivity (Wildman–Crippen MR) is 98.3 cm³/mol. The fourth-order valence-electron chi connectivity index (χ4n) is 3.61. The van der Waals surface area contributed by atoms with Gasteiger partial charge in [0.1, 0.15) is 11.5 Å². The Morgan fingerprint density at radius 3 is 2.68 bits per heavy atom. The van der Waals surface area contributed by atoms with E-state index in [4.69, 9.17) is 9.84 Å². The second-order valence-corrected chi connectivity index (χ2v) is 6.59. The summed E-state index contributed by atoms with van der Waals surface area (Å²) in [6, 6.07) is 11.7. The van der Waals surface area contributed by atoms with Crippen molar-refractivity contribution in [3.05, 3.63) is 58.8 Å². The third-order valence-electron chi connectivity index (χ3n) is 4.65. The number of ether oxygens (including phenoxy) is 1. The molecule has 0 saturated carbocycles. The van der Waals surface area contributed by atoms with Crippen LogP contribution in [0.4, 0.5) is 5.69 Å².